The van der Waals surface area contributed by atoms with Crippen LogP contribution < -0.4 is 11.1 Å². The summed E-state index contributed by atoms with van der Waals surface area (Å²) in [6.07, 6.45) is 2.76. The molecule has 0 radical (unpaired) electrons. The summed E-state index contributed by atoms with van der Waals surface area (Å²) in [4.78, 5) is 31.3. The lowest BCUT2D eigenvalue weighted by Crippen LogP contribution is -2.51. The Balaban J connectivity index is 1.54. The van der Waals surface area contributed by atoms with Gasteiger partial charge in [0.05, 0.1) is 17.2 Å². The highest BCUT2D eigenvalue weighted by Gasteiger charge is 2.36. The SMILES string of the molecule is CCCN(CCCOC(=O)NC)C(=O)C1=Cc2ccc(-c3cccc(S(=O)(=O)N4CC(CO)C4)c3)cc2N=C(N)C1. The van der Waals surface area contributed by atoms with Gasteiger partial charge in [-0.3, -0.25) is 4.79 Å². The van der Waals surface area contributed by atoms with Gasteiger partial charge < -0.3 is 25.8 Å². The summed E-state index contributed by atoms with van der Waals surface area (Å²) in [6, 6.07) is 12.3. The number of nitrogens with zero attached hydrogens (tertiary/aromatic N) is 3. The Labute approximate surface area is 240 Å². The number of nitrogens with two attached hydrogens (primary N) is 1. The van der Waals surface area contributed by atoms with Gasteiger partial charge >= 0.3 is 6.09 Å². The summed E-state index contributed by atoms with van der Waals surface area (Å²) in [5.74, 6) is 0.129. The van der Waals surface area contributed by atoms with Gasteiger partial charge in [-0.05, 0) is 48.2 Å². The maximum Gasteiger partial charge on any atom is 0.406 e. The first-order valence-electron chi connectivity index (χ1n) is 13.7. The van der Waals surface area contributed by atoms with Gasteiger partial charge in [0.1, 0.15) is 5.84 Å². The van der Waals surface area contributed by atoms with E-state index in [4.69, 9.17) is 10.5 Å². The van der Waals surface area contributed by atoms with Gasteiger partial charge in [0, 0.05) is 63.3 Å². The second kappa shape index (κ2) is 13.3. The van der Waals surface area contributed by atoms with E-state index in [1.807, 2.05) is 31.2 Å². The maximum atomic E-state index is 13.5. The molecule has 12 heteroatoms. The fourth-order valence-corrected chi connectivity index (χ4v) is 6.45. The van der Waals surface area contributed by atoms with Crippen LogP contribution in [0.5, 0.6) is 0 Å². The fraction of sp³-hybridized carbons (Fsp3) is 0.414. The summed E-state index contributed by atoms with van der Waals surface area (Å²) >= 11 is 0. The average Bonchev–Trinajstić information content (AvgIpc) is 3.11. The second-order valence-corrected chi connectivity index (χ2v) is 12.1. The van der Waals surface area contributed by atoms with Crippen molar-refractivity contribution in [2.45, 2.75) is 31.1 Å². The van der Waals surface area contributed by atoms with E-state index in [-0.39, 0.29) is 36.4 Å². The van der Waals surface area contributed by atoms with E-state index in [9.17, 15) is 23.1 Å². The largest absolute Gasteiger partial charge is 0.449 e. The summed E-state index contributed by atoms with van der Waals surface area (Å²) < 4.78 is 32.5. The Morgan fingerprint density at radius 3 is 2.63 bits per heavy atom. The molecule has 0 spiro atoms. The van der Waals surface area contributed by atoms with Crippen LogP contribution in [0.2, 0.25) is 0 Å². The molecule has 0 aromatic heterocycles. The van der Waals surface area contributed by atoms with Crippen molar-refractivity contribution in [2.75, 3.05) is 46.4 Å². The summed E-state index contributed by atoms with van der Waals surface area (Å²) in [6.45, 7) is 3.76. The molecule has 4 rings (SSSR count). The maximum absolute atomic E-state index is 13.5. The quantitative estimate of drug-likeness (QED) is 0.344. The molecule has 0 unspecified atom stereocenters. The van der Waals surface area contributed by atoms with Gasteiger partial charge in [-0.25, -0.2) is 18.2 Å². The average molecular weight is 584 g/mol. The van der Waals surface area contributed by atoms with E-state index in [0.717, 1.165) is 17.5 Å². The molecule has 2 aliphatic heterocycles. The zero-order valence-corrected chi connectivity index (χ0v) is 24.2. The summed E-state index contributed by atoms with van der Waals surface area (Å²) in [5.41, 5.74) is 9.55. The van der Waals surface area contributed by atoms with Crippen molar-refractivity contribution in [3.05, 3.63) is 53.6 Å². The minimum absolute atomic E-state index is 0.0252. The van der Waals surface area contributed by atoms with Crippen molar-refractivity contribution in [3.8, 4) is 11.1 Å². The molecule has 2 aromatic rings. The number of carbonyl (C=O) groups excluding carboxylic acids is 2. The van der Waals surface area contributed by atoms with Gasteiger partial charge in [-0.15, -0.1) is 0 Å². The molecule has 11 nitrogen and oxygen atoms in total. The van der Waals surface area contributed by atoms with Crippen molar-refractivity contribution in [1.29, 1.82) is 0 Å². The number of carbonyl (C=O) groups is 2. The zero-order valence-electron chi connectivity index (χ0n) is 23.4. The summed E-state index contributed by atoms with van der Waals surface area (Å²) in [5, 5.41) is 11.6. The number of aliphatic imine (C=N–C) groups is 1. The first-order valence-corrected chi connectivity index (χ1v) is 15.1. The van der Waals surface area contributed by atoms with E-state index in [0.29, 0.717) is 55.3 Å². The number of ether oxygens (including phenoxy) is 1. The lowest BCUT2D eigenvalue weighted by Gasteiger charge is -2.36. The molecular weight excluding hydrogens is 546 g/mol. The van der Waals surface area contributed by atoms with Crippen molar-refractivity contribution >= 4 is 39.6 Å². The van der Waals surface area contributed by atoms with E-state index in [1.54, 1.807) is 29.2 Å². The van der Waals surface area contributed by atoms with Crippen molar-refractivity contribution in [1.82, 2.24) is 14.5 Å². The van der Waals surface area contributed by atoms with Gasteiger partial charge in [0.15, 0.2) is 0 Å². The van der Waals surface area contributed by atoms with Crippen LogP contribution >= 0.6 is 0 Å². The van der Waals surface area contributed by atoms with E-state index < -0.39 is 16.1 Å². The molecule has 1 fully saturated rings. The number of amidine groups is 1. The second-order valence-electron chi connectivity index (χ2n) is 10.2. The lowest BCUT2D eigenvalue weighted by molar-refractivity contribution is -0.127. The Hall–Kier alpha value is -3.74. The molecule has 4 N–H and O–H groups in total. The minimum atomic E-state index is -3.66. The number of nitrogens with one attached hydrogen (secondary N) is 1. The van der Waals surface area contributed by atoms with Crippen LogP contribution in [-0.4, -0.2) is 87.0 Å². The smallest absolute Gasteiger partial charge is 0.406 e. The number of rotatable bonds is 11. The van der Waals surface area contributed by atoms with Gasteiger partial charge in [0.25, 0.3) is 0 Å². The van der Waals surface area contributed by atoms with Gasteiger partial charge in [-0.1, -0.05) is 31.2 Å². The lowest BCUT2D eigenvalue weighted by atomic mass is 10.0. The predicted octanol–water partition coefficient (Wildman–Crippen LogP) is 2.73. The number of aliphatic hydroxyl groups is 1. The van der Waals surface area contributed by atoms with Crippen LogP contribution in [-0.2, 0) is 19.6 Å². The standard InChI is InChI=1S/C29H37N5O6S/c1-3-10-33(11-5-12-40-29(37)31-2)28(36)24-13-23-9-8-22(15-26(23)32-27(30)16-24)21-6-4-7-25(14-21)41(38,39)34-17-20(18-34)19-35/h4,6-9,13-15,20,35H,3,5,10-12,16-19H2,1-2H3,(H2,30,32)(H,31,37). The Morgan fingerprint density at radius 1 is 1.17 bits per heavy atom. The van der Waals surface area contributed by atoms with Crippen LogP contribution in [0.4, 0.5) is 10.5 Å². The number of benzene rings is 2. The van der Waals surface area contributed by atoms with E-state index in [1.165, 1.54) is 11.4 Å². The molecule has 2 amide bonds. The monoisotopic (exact) mass is 583 g/mol. The van der Waals surface area contributed by atoms with Crippen LogP contribution in [0.3, 0.4) is 0 Å². The number of fused-ring (bicyclic) bond motifs is 1. The highest BCUT2D eigenvalue weighted by Crippen LogP contribution is 2.34. The molecule has 0 atom stereocenters. The molecule has 0 saturated carbocycles. The molecule has 1 saturated heterocycles. The molecule has 2 aliphatic rings. The van der Waals surface area contributed by atoms with Crippen LogP contribution in [0.25, 0.3) is 17.2 Å². The predicted molar refractivity (Wildman–Crippen MR) is 157 cm³/mol. The van der Waals surface area contributed by atoms with Crippen LogP contribution in [0, 0.1) is 5.92 Å². The molecular formula is C29H37N5O6S. The van der Waals surface area contributed by atoms with Crippen LogP contribution in [0.1, 0.15) is 31.7 Å². The highest BCUT2D eigenvalue weighted by molar-refractivity contribution is 7.89. The number of amides is 2. The number of hydrogen-bond donors (Lipinski definition) is 3. The zero-order chi connectivity index (χ0) is 29.6. The number of aliphatic hydroxyl groups excluding tert-OH is 1. The third kappa shape index (κ3) is 7.13. The molecule has 2 aromatic carbocycles. The normalized spacial score (nSPS) is 15.6. The van der Waals surface area contributed by atoms with Crippen LogP contribution in [0.15, 0.2) is 57.9 Å². The third-order valence-corrected chi connectivity index (χ3v) is 8.88. The van der Waals surface area contributed by atoms with E-state index in [2.05, 4.69) is 10.3 Å². The van der Waals surface area contributed by atoms with Gasteiger partial charge in [0.2, 0.25) is 15.9 Å². The Kier molecular flexibility index (Phi) is 9.79. The molecule has 0 aliphatic carbocycles. The van der Waals surface area contributed by atoms with Crippen molar-refractivity contribution in [3.63, 3.8) is 0 Å². The first kappa shape index (κ1) is 30.2. The van der Waals surface area contributed by atoms with Crippen molar-refractivity contribution < 1.29 is 27.9 Å². The Morgan fingerprint density at radius 2 is 1.93 bits per heavy atom. The molecule has 0 bridgehead atoms. The Bertz CT molecular complexity index is 1450. The molecule has 2 heterocycles. The van der Waals surface area contributed by atoms with E-state index >= 15 is 0 Å². The van der Waals surface area contributed by atoms with Gasteiger partial charge in [-0.2, -0.15) is 4.31 Å². The number of alkyl carbamates (subject to hydrolysis) is 1. The topological polar surface area (TPSA) is 155 Å². The highest BCUT2D eigenvalue weighted by atomic mass is 32.2. The molecule has 41 heavy (non-hydrogen) atoms. The minimum Gasteiger partial charge on any atom is -0.449 e. The fourth-order valence-electron chi connectivity index (χ4n) is 4.81. The molecule has 220 valence electrons. The first-order chi connectivity index (χ1) is 19.7. The third-order valence-electron chi connectivity index (χ3n) is 7.05. The number of hydrogen-bond acceptors (Lipinski definition) is 8. The summed E-state index contributed by atoms with van der Waals surface area (Å²) in [7, 11) is -2.17. The number of sulfonamides is 1. The van der Waals surface area contributed by atoms with Crippen molar-refractivity contribution in [2.24, 2.45) is 16.6 Å².